The molecule has 250 valence electrons. The second-order valence-corrected chi connectivity index (χ2v) is 12.5. The number of hydrogen-bond donors (Lipinski definition) is 3. The summed E-state index contributed by atoms with van der Waals surface area (Å²) in [4.78, 5) is 27.5. The average molecular weight is 625 g/mol. The maximum Gasteiger partial charge on any atom is 0.410 e. The molecular formula is C29H60N4O8S. The minimum atomic E-state index is -3.49. The number of hydrogen-bond acceptors (Lipinski definition) is 10. The van der Waals surface area contributed by atoms with Crippen molar-refractivity contribution in [3.8, 4) is 0 Å². The highest BCUT2D eigenvalue weighted by Crippen LogP contribution is 2.26. The number of nitrogens with zero attached hydrogens (tertiary/aromatic N) is 2. The number of nitrogens with one attached hydrogen (secondary N) is 1. The molecule has 2 amide bonds. The van der Waals surface area contributed by atoms with E-state index >= 15 is 0 Å². The molecule has 0 spiro atoms. The number of cyclic esters (lactones) is 2. The van der Waals surface area contributed by atoms with Crippen LogP contribution in [0.3, 0.4) is 0 Å². The van der Waals surface area contributed by atoms with E-state index in [4.69, 9.17) is 18.8 Å². The van der Waals surface area contributed by atoms with Crippen LogP contribution in [0.4, 0.5) is 9.59 Å². The van der Waals surface area contributed by atoms with E-state index in [0.29, 0.717) is 12.6 Å². The number of aliphatic hydroxyl groups is 1. The van der Waals surface area contributed by atoms with Crippen LogP contribution in [-0.4, -0.2) is 114 Å². The molecule has 2 saturated carbocycles. The third-order valence-corrected chi connectivity index (χ3v) is 8.30. The third-order valence-electron chi connectivity index (χ3n) is 7.74. The molecule has 0 aromatic rings. The number of amides is 2. The molecule has 42 heavy (non-hydrogen) atoms. The number of rotatable bonds is 7. The Labute approximate surface area is 255 Å². The zero-order valence-electron chi connectivity index (χ0n) is 25.7. The quantitative estimate of drug-likeness (QED) is 0.355. The molecule has 4 aliphatic rings. The van der Waals surface area contributed by atoms with Gasteiger partial charge in [0.2, 0.25) is 0 Å². The van der Waals surface area contributed by atoms with Crippen molar-refractivity contribution >= 4 is 22.3 Å². The highest BCUT2D eigenvalue weighted by Gasteiger charge is 2.37. The van der Waals surface area contributed by atoms with Gasteiger partial charge in [-0.3, -0.25) is 4.18 Å². The van der Waals surface area contributed by atoms with E-state index in [-0.39, 0.29) is 38.4 Å². The first-order valence-corrected chi connectivity index (χ1v) is 17.0. The topological polar surface area (TPSA) is 161 Å². The van der Waals surface area contributed by atoms with Gasteiger partial charge in [-0.15, -0.1) is 0 Å². The molecule has 13 heteroatoms. The Hall–Kier alpha value is -1.67. The van der Waals surface area contributed by atoms with E-state index in [1.807, 2.05) is 11.9 Å². The Bertz CT molecular complexity index is 816. The molecule has 4 N–H and O–H groups in total. The van der Waals surface area contributed by atoms with E-state index in [1.54, 1.807) is 4.90 Å². The minimum absolute atomic E-state index is 0. The van der Waals surface area contributed by atoms with Gasteiger partial charge in [0.1, 0.15) is 18.8 Å². The molecule has 4 fully saturated rings. The summed E-state index contributed by atoms with van der Waals surface area (Å²) in [5.41, 5.74) is 4.50. The molecular weight excluding hydrogens is 564 g/mol. The lowest BCUT2D eigenvalue weighted by Gasteiger charge is -2.27. The molecule has 2 aliphatic carbocycles. The zero-order valence-corrected chi connectivity index (χ0v) is 26.5. The monoisotopic (exact) mass is 624 g/mol. The van der Waals surface area contributed by atoms with Crippen LogP contribution in [-0.2, 0) is 23.8 Å². The molecule has 2 aliphatic heterocycles. The highest BCUT2D eigenvalue weighted by molar-refractivity contribution is 7.85. The second kappa shape index (κ2) is 22.8. The van der Waals surface area contributed by atoms with E-state index < -0.39 is 16.2 Å². The highest BCUT2D eigenvalue weighted by atomic mass is 32.2. The number of aliphatic hydroxyl groups excluding tert-OH is 1. The first-order valence-electron chi connectivity index (χ1n) is 15.2. The van der Waals surface area contributed by atoms with Crippen LogP contribution in [0, 0.1) is 0 Å². The summed E-state index contributed by atoms with van der Waals surface area (Å²) < 4.78 is 37.2. The molecule has 4 rings (SSSR count). The van der Waals surface area contributed by atoms with Gasteiger partial charge in [0.25, 0.3) is 10.1 Å². The van der Waals surface area contributed by atoms with Gasteiger partial charge < -0.3 is 35.4 Å². The molecule has 0 bridgehead atoms. The molecule has 2 saturated heterocycles. The van der Waals surface area contributed by atoms with Gasteiger partial charge in [0.15, 0.2) is 0 Å². The summed E-state index contributed by atoms with van der Waals surface area (Å²) in [7, 11) is 0.903. The molecule has 0 radical (unpaired) electrons. The molecule has 12 nitrogen and oxygen atoms in total. The Morgan fingerprint density at radius 3 is 1.52 bits per heavy atom. The fraction of sp³-hybridized carbons (Fsp3) is 0.931. The number of nitrogens with two attached hydrogens (primary N) is 1. The van der Waals surface area contributed by atoms with Gasteiger partial charge in [-0.2, -0.15) is 8.42 Å². The van der Waals surface area contributed by atoms with Crippen LogP contribution in [0.5, 0.6) is 0 Å². The molecule has 0 aromatic heterocycles. The van der Waals surface area contributed by atoms with Crippen LogP contribution in [0.15, 0.2) is 0 Å². The first-order chi connectivity index (χ1) is 19.8. The van der Waals surface area contributed by atoms with Crippen molar-refractivity contribution in [3.05, 3.63) is 0 Å². The molecule has 2 heterocycles. The van der Waals surface area contributed by atoms with Crippen molar-refractivity contribution in [1.29, 1.82) is 0 Å². The Kier molecular flexibility index (Phi) is 21.9. The van der Waals surface area contributed by atoms with Crippen LogP contribution in [0.25, 0.3) is 0 Å². The van der Waals surface area contributed by atoms with Crippen LogP contribution in [0.1, 0.15) is 97.3 Å². The Morgan fingerprint density at radius 1 is 0.786 bits per heavy atom. The largest absolute Gasteiger partial charge is 0.443 e. The van der Waals surface area contributed by atoms with E-state index in [9.17, 15) is 18.0 Å². The molecule has 0 aromatic carbocycles. The second-order valence-electron chi connectivity index (χ2n) is 10.9. The normalized spacial score (nSPS) is 24.0. The lowest BCUT2D eigenvalue weighted by Crippen LogP contribution is -2.37. The van der Waals surface area contributed by atoms with Crippen LogP contribution >= 0.6 is 0 Å². The van der Waals surface area contributed by atoms with Crippen molar-refractivity contribution in [2.45, 2.75) is 122 Å². The molecule has 0 unspecified atom stereocenters. The van der Waals surface area contributed by atoms with E-state index in [1.165, 1.54) is 58.4 Å². The summed E-state index contributed by atoms with van der Waals surface area (Å²) in [6.07, 6.45) is 16.9. The van der Waals surface area contributed by atoms with Crippen LogP contribution < -0.4 is 11.1 Å². The van der Waals surface area contributed by atoms with Gasteiger partial charge >= 0.3 is 12.2 Å². The number of carbonyl (C=O) groups excluding carboxylic acids is 2. The van der Waals surface area contributed by atoms with Gasteiger partial charge in [-0.05, 0) is 39.8 Å². The fourth-order valence-corrected chi connectivity index (χ4v) is 6.19. The van der Waals surface area contributed by atoms with Crippen molar-refractivity contribution in [3.63, 3.8) is 0 Å². The number of carbonyl (C=O) groups is 2. The third kappa shape index (κ3) is 15.2. The standard InChI is InChI=1S/C13H24N2O2.C13H23NO5S.CH5N.CH4O.CH4/c1-14-9-12-10-15(13(16)17-12)11-7-5-3-2-4-6-8-11;1-20(16,17)18-10-12-9-14(13(15)19-12)11-7-5-3-2-4-6-8-11;2*1-2;/h11-12,14H,2-10H2,1H3;11-12H,2-10H2,1H3;2H2,1H3;2H,1H3;1H4/t2*12-;;;/m01.../s1. The predicted molar refractivity (Wildman–Crippen MR) is 166 cm³/mol. The van der Waals surface area contributed by atoms with E-state index in [0.717, 1.165) is 65.0 Å². The van der Waals surface area contributed by atoms with Gasteiger partial charge in [-0.1, -0.05) is 71.6 Å². The Morgan fingerprint density at radius 2 is 1.14 bits per heavy atom. The maximum absolute atomic E-state index is 11.9. The fourth-order valence-electron chi connectivity index (χ4n) is 5.79. The Balaban J connectivity index is 0.000000707. The SMILES string of the molecule is C.CN.CNC[C@H]1CN(C2CCCCCCC2)C(=O)O1.CO.CS(=O)(=O)OC[C@H]1CN(C2CCCCCCC2)C(=O)O1. The summed E-state index contributed by atoms with van der Waals surface area (Å²) in [6, 6.07) is 0.649. The summed E-state index contributed by atoms with van der Waals surface area (Å²) in [6.45, 7) is 1.87. The zero-order chi connectivity index (χ0) is 30.7. The predicted octanol–water partition coefficient (Wildman–Crippen LogP) is 3.86. The van der Waals surface area contributed by atoms with Gasteiger partial charge in [0, 0.05) is 25.7 Å². The lowest BCUT2D eigenvalue weighted by molar-refractivity contribution is 0.103. The number of likely N-dealkylation sites (N-methyl/N-ethyl adjacent to an activating group) is 1. The van der Waals surface area contributed by atoms with Crippen molar-refractivity contribution < 1.29 is 36.8 Å². The van der Waals surface area contributed by atoms with Gasteiger partial charge in [0.05, 0.1) is 19.3 Å². The average Bonchev–Trinajstić information content (AvgIpc) is 3.47. The van der Waals surface area contributed by atoms with Crippen LogP contribution in [0.2, 0.25) is 0 Å². The lowest BCUT2D eigenvalue weighted by atomic mass is 9.96. The smallest absolute Gasteiger partial charge is 0.410 e. The summed E-state index contributed by atoms with van der Waals surface area (Å²) >= 11 is 0. The number of ether oxygens (including phenoxy) is 2. The van der Waals surface area contributed by atoms with Crippen molar-refractivity contribution in [1.82, 2.24) is 15.1 Å². The van der Waals surface area contributed by atoms with Crippen molar-refractivity contribution in [2.75, 3.05) is 53.7 Å². The van der Waals surface area contributed by atoms with Crippen molar-refractivity contribution in [2.24, 2.45) is 5.73 Å². The van der Waals surface area contributed by atoms with E-state index in [2.05, 4.69) is 11.1 Å². The maximum atomic E-state index is 11.9. The first kappa shape index (κ1) is 40.3. The minimum Gasteiger partial charge on any atom is -0.443 e. The summed E-state index contributed by atoms with van der Waals surface area (Å²) in [5.74, 6) is 0. The summed E-state index contributed by atoms with van der Waals surface area (Å²) in [5, 5.41) is 10.1. The van der Waals surface area contributed by atoms with Gasteiger partial charge in [-0.25, -0.2) is 9.59 Å². The molecule has 2 atom stereocenters.